The van der Waals surface area contributed by atoms with E-state index in [0.29, 0.717) is 39.0 Å². The zero-order valence-corrected chi connectivity index (χ0v) is 16.0. The summed E-state index contributed by atoms with van der Waals surface area (Å²) in [5.74, 6) is -0.347. The van der Waals surface area contributed by atoms with E-state index >= 15 is 0 Å². The molecule has 0 bridgehead atoms. The lowest BCUT2D eigenvalue weighted by molar-refractivity contribution is 0.422. The molecule has 6 rings (SSSR count). The minimum atomic E-state index is -0.915. The van der Waals surface area contributed by atoms with Crippen LogP contribution in [0.4, 0.5) is 0 Å². The molecular weight excluding hydrogens is 396 g/mol. The fraction of sp³-hybridized carbons (Fsp3) is 0.0400. The molecule has 6 nitrogen and oxygen atoms in total. The second-order valence-electron chi connectivity index (χ2n) is 7.35. The van der Waals surface area contributed by atoms with Crippen LogP contribution < -0.4 is 16.0 Å². The van der Waals surface area contributed by atoms with Crippen molar-refractivity contribution in [3.8, 4) is 17.2 Å². The van der Waals surface area contributed by atoms with E-state index in [4.69, 9.17) is 13.6 Å². The number of phenolic OH excluding ortho intramolecular Hbond substituents is 1. The van der Waals surface area contributed by atoms with Gasteiger partial charge in [-0.3, -0.25) is 0 Å². The highest BCUT2D eigenvalue weighted by Gasteiger charge is 2.38. The molecule has 0 spiro atoms. The number of phenols is 1. The van der Waals surface area contributed by atoms with Gasteiger partial charge in [0.2, 0.25) is 0 Å². The maximum Gasteiger partial charge on any atom is 0.344 e. The van der Waals surface area contributed by atoms with E-state index in [0.717, 1.165) is 0 Å². The highest BCUT2D eigenvalue weighted by atomic mass is 16.5. The van der Waals surface area contributed by atoms with Crippen molar-refractivity contribution < 1.29 is 18.7 Å². The van der Waals surface area contributed by atoms with Crippen molar-refractivity contribution in [2.24, 2.45) is 0 Å². The van der Waals surface area contributed by atoms with Gasteiger partial charge in [0.25, 0.3) is 0 Å². The first kappa shape index (κ1) is 17.5. The molecule has 31 heavy (non-hydrogen) atoms. The normalized spacial score (nSPS) is 13.0. The lowest BCUT2D eigenvalue weighted by atomic mass is 9.82. The van der Waals surface area contributed by atoms with Crippen LogP contribution in [0.5, 0.6) is 17.2 Å². The average molecular weight is 410 g/mol. The highest BCUT2D eigenvalue weighted by molar-refractivity contribution is 5.91. The predicted octanol–water partition coefficient (Wildman–Crippen LogP) is 4.89. The molecule has 2 aromatic heterocycles. The number of hydrogen-bond acceptors (Lipinski definition) is 6. The SMILES string of the molecule is O=c1oc2ccccc2c2c1C(c1ccccc1O)c1c(c3ccccc3oc1=O)O2. The van der Waals surface area contributed by atoms with Gasteiger partial charge in [0.15, 0.2) is 0 Å². The van der Waals surface area contributed by atoms with Crippen molar-refractivity contribution in [2.45, 2.75) is 5.92 Å². The molecule has 0 saturated carbocycles. The van der Waals surface area contributed by atoms with Crippen LogP contribution in [0.2, 0.25) is 0 Å². The summed E-state index contributed by atoms with van der Waals surface area (Å²) in [6.07, 6.45) is 0. The number of hydrogen-bond donors (Lipinski definition) is 1. The van der Waals surface area contributed by atoms with Crippen LogP contribution in [-0.4, -0.2) is 5.11 Å². The van der Waals surface area contributed by atoms with Gasteiger partial charge in [-0.2, -0.15) is 0 Å². The first-order valence-corrected chi connectivity index (χ1v) is 9.70. The van der Waals surface area contributed by atoms with Gasteiger partial charge >= 0.3 is 11.3 Å². The number of rotatable bonds is 1. The standard InChI is InChI=1S/C25H14O6/c26-16-10-4-1-7-13(16)19-20-22(14-8-2-5-11-17(14)29-24(20)27)31-23-15-9-3-6-12-18(15)30-25(28)21(19)23/h1-12,19,26H. The summed E-state index contributed by atoms with van der Waals surface area (Å²) in [6.45, 7) is 0. The monoisotopic (exact) mass is 410 g/mol. The number of ether oxygens (including phenoxy) is 1. The Morgan fingerprint density at radius 2 is 1.13 bits per heavy atom. The summed E-state index contributed by atoms with van der Waals surface area (Å²) < 4.78 is 17.3. The largest absolute Gasteiger partial charge is 0.508 e. The average Bonchev–Trinajstić information content (AvgIpc) is 2.78. The molecule has 3 heterocycles. The fourth-order valence-electron chi connectivity index (χ4n) is 4.28. The minimum Gasteiger partial charge on any atom is -0.508 e. The Bertz CT molecular complexity index is 1530. The van der Waals surface area contributed by atoms with E-state index in [-0.39, 0.29) is 16.9 Å². The minimum absolute atomic E-state index is 0.0496. The first-order chi connectivity index (χ1) is 15.1. The topological polar surface area (TPSA) is 89.9 Å². The van der Waals surface area contributed by atoms with E-state index in [1.54, 1.807) is 54.6 Å². The smallest absolute Gasteiger partial charge is 0.344 e. The van der Waals surface area contributed by atoms with Crippen LogP contribution in [0.15, 0.2) is 91.2 Å². The fourth-order valence-corrected chi connectivity index (χ4v) is 4.28. The van der Waals surface area contributed by atoms with Gasteiger partial charge in [-0.1, -0.05) is 42.5 Å². The summed E-state index contributed by atoms with van der Waals surface area (Å²) >= 11 is 0. The Balaban J connectivity index is 1.82. The highest BCUT2D eigenvalue weighted by Crippen LogP contribution is 2.50. The molecule has 1 aliphatic rings. The van der Waals surface area contributed by atoms with Gasteiger partial charge < -0.3 is 18.7 Å². The van der Waals surface area contributed by atoms with Crippen molar-refractivity contribution in [3.05, 3.63) is 110 Å². The molecule has 150 valence electrons. The number of para-hydroxylation sites is 3. The third-order valence-electron chi connectivity index (χ3n) is 5.63. The van der Waals surface area contributed by atoms with Crippen molar-refractivity contribution in [1.82, 2.24) is 0 Å². The second-order valence-corrected chi connectivity index (χ2v) is 7.35. The van der Waals surface area contributed by atoms with Gasteiger partial charge in [-0.25, -0.2) is 9.59 Å². The van der Waals surface area contributed by atoms with E-state index in [1.807, 2.05) is 12.1 Å². The molecule has 0 saturated heterocycles. The number of fused-ring (bicyclic) bond motifs is 6. The summed E-state index contributed by atoms with van der Waals surface area (Å²) in [6, 6.07) is 20.7. The third-order valence-corrected chi connectivity index (χ3v) is 5.63. The lowest BCUT2D eigenvalue weighted by Crippen LogP contribution is -2.26. The molecule has 0 aliphatic carbocycles. The van der Waals surface area contributed by atoms with Gasteiger partial charge in [0, 0.05) is 5.56 Å². The van der Waals surface area contributed by atoms with Crippen LogP contribution >= 0.6 is 0 Å². The molecule has 0 unspecified atom stereocenters. The van der Waals surface area contributed by atoms with Crippen molar-refractivity contribution in [3.63, 3.8) is 0 Å². The van der Waals surface area contributed by atoms with Crippen molar-refractivity contribution in [1.29, 1.82) is 0 Å². The summed E-state index contributed by atoms with van der Waals surface area (Å²) in [5, 5.41) is 11.8. The molecule has 3 aromatic carbocycles. The summed E-state index contributed by atoms with van der Waals surface area (Å²) in [7, 11) is 0. The second kappa shape index (κ2) is 6.34. The van der Waals surface area contributed by atoms with E-state index in [1.165, 1.54) is 6.07 Å². The first-order valence-electron chi connectivity index (χ1n) is 9.70. The zero-order chi connectivity index (χ0) is 21.1. The Morgan fingerprint density at radius 1 is 0.645 bits per heavy atom. The maximum atomic E-state index is 13.1. The van der Waals surface area contributed by atoms with Crippen LogP contribution in [0.3, 0.4) is 0 Å². The molecule has 0 fully saturated rings. The maximum absolute atomic E-state index is 13.1. The Morgan fingerprint density at radius 3 is 1.68 bits per heavy atom. The van der Waals surface area contributed by atoms with Crippen LogP contribution in [0.25, 0.3) is 21.9 Å². The number of benzene rings is 3. The molecule has 5 aromatic rings. The molecule has 1 N–H and O–H groups in total. The van der Waals surface area contributed by atoms with Gasteiger partial charge in [-0.05, 0) is 30.3 Å². The summed E-state index contributed by atoms with van der Waals surface area (Å²) in [4.78, 5) is 26.2. The molecule has 6 heteroatoms. The van der Waals surface area contributed by atoms with E-state index < -0.39 is 17.2 Å². The Labute approximate surface area is 174 Å². The zero-order valence-electron chi connectivity index (χ0n) is 16.0. The Hall–Kier alpha value is -4.32. The van der Waals surface area contributed by atoms with Crippen LogP contribution in [-0.2, 0) is 0 Å². The van der Waals surface area contributed by atoms with E-state index in [9.17, 15) is 14.7 Å². The van der Waals surface area contributed by atoms with Crippen LogP contribution in [0, 0.1) is 0 Å². The predicted molar refractivity (Wildman–Crippen MR) is 114 cm³/mol. The summed E-state index contributed by atoms with van der Waals surface area (Å²) in [5.41, 5.74) is 0.153. The Kier molecular flexibility index (Phi) is 3.58. The van der Waals surface area contributed by atoms with Gasteiger partial charge in [0.1, 0.15) is 28.4 Å². The van der Waals surface area contributed by atoms with Gasteiger partial charge in [-0.15, -0.1) is 0 Å². The quantitative estimate of drug-likeness (QED) is 0.388. The van der Waals surface area contributed by atoms with E-state index in [2.05, 4.69) is 0 Å². The lowest BCUT2D eigenvalue weighted by Gasteiger charge is -2.28. The molecular formula is C25H14O6. The number of aromatic hydroxyl groups is 1. The van der Waals surface area contributed by atoms with Crippen LogP contribution in [0.1, 0.15) is 22.6 Å². The van der Waals surface area contributed by atoms with Crippen molar-refractivity contribution >= 4 is 21.9 Å². The van der Waals surface area contributed by atoms with Crippen molar-refractivity contribution in [2.75, 3.05) is 0 Å². The molecule has 0 radical (unpaired) electrons. The molecule has 0 atom stereocenters. The van der Waals surface area contributed by atoms with Gasteiger partial charge in [0.05, 0.1) is 27.8 Å². The third kappa shape index (κ3) is 2.45. The molecule has 0 amide bonds. The molecule has 1 aliphatic heterocycles.